The Hall–Kier alpha value is -1.06. The molecule has 0 aromatic heterocycles. The molecule has 1 atom stereocenters. The average molecular weight is 153 g/mol. The van der Waals surface area contributed by atoms with Crippen LogP contribution >= 0.6 is 0 Å². The first kappa shape index (κ1) is 6.64. The summed E-state index contributed by atoms with van der Waals surface area (Å²) in [6.45, 7) is 0. The number of nitrogens with two attached hydrogens (primary N) is 1. The van der Waals surface area contributed by atoms with Crippen LogP contribution in [0.3, 0.4) is 0 Å². The topological polar surface area (TPSA) is 67.5 Å². The zero-order chi connectivity index (χ0) is 7.84. The minimum absolute atomic E-state index is 0.0330. The fraction of sp³-hybridized carbons (Fsp3) is 0.714. The molecule has 1 aliphatic heterocycles. The summed E-state index contributed by atoms with van der Waals surface area (Å²) in [5.74, 6) is 0.968. The Morgan fingerprint density at radius 3 is 2.82 bits per heavy atom. The molecule has 1 aliphatic carbocycles. The molecule has 0 spiro atoms. The number of hydrogen-bond acceptors (Lipinski definition) is 3. The van der Waals surface area contributed by atoms with Crippen LogP contribution in [0.4, 0.5) is 0 Å². The summed E-state index contributed by atoms with van der Waals surface area (Å²) in [6.07, 6.45) is 3.38. The quantitative estimate of drug-likeness (QED) is 0.566. The van der Waals surface area contributed by atoms with Crippen LogP contribution in [0.25, 0.3) is 0 Å². The number of aliphatic imine (C=N–C) groups is 1. The number of carbonyl (C=O) groups excluding carboxylic acids is 1. The fourth-order valence-corrected chi connectivity index (χ4v) is 1.30. The van der Waals surface area contributed by atoms with Crippen molar-refractivity contribution in [3.63, 3.8) is 0 Å². The van der Waals surface area contributed by atoms with Gasteiger partial charge in [-0.2, -0.15) is 0 Å². The Kier molecular flexibility index (Phi) is 1.34. The van der Waals surface area contributed by atoms with E-state index in [1.54, 1.807) is 0 Å². The van der Waals surface area contributed by atoms with E-state index >= 15 is 0 Å². The summed E-state index contributed by atoms with van der Waals surface area (Å²) in [6, 6.07) is -0.192. The number of nitrogens with zero attached hydrogens (tertiary/aromatic N) is 1. The number of rotatable bonds is 2. The largest absolute Gasteiger partial charge is 0.370 e. The normalized spacial score (nSPS) is 30.0. The molecule has 0 aromatic carbocycles. The van der Waals surface area contributed by atoms with E-state index in [4.69, 9.17) is 5.73 Å². The Bertz CT molecular complexity index is 220. The molecule has 1 heterocycles. The molecular formula is C7H11N3O. The molecule has 1 amide bonds. The van der Waals surface area contributed by atoms with Crippen molar-refractivity contribution in [2.24, 2.45) is 16.6 Å². The molecule has 2 rings (SSSR count). The third kappa shape index (κ3) is 1.34. The molecule has 11 heavy (non-hydrogen) atoms. The monoisotopic (exact) mass is 153 g/mol. The molecule has 4 nitrogen and oxygen atoms in total. The predicted molar refractivity (Wildman–Crippen MR) is 40.9 cm³/mol. The zero-order valence-electron chi connectivity index (χ0n) is 6.21. The van der Waals surface area contributed by atoms with Gasteiger partial charge in [0, 0.05) is 0 Å². The van der Waals surface area contributed by atoms with Gasteiger partial charge < -0.3 is 5.73 Å². The highest BCUT2D eigenvalue weighted by atomic mass is 16.2. The van der Waals surface area contributed by atoms with Gasteiger partial charge in [0.15, 0.2) is 5.96 Å². The second kappa shape index (κ2) is 2.22. The number of amides is 1. The SMILES string of the molecule is NC1=NC(CC2CC2)C(=O)N1. The van der Waals surface area contributed by atoms with Crippen LogP contribution in [-0.2, 0) is 4.79 Å². The van der Waals surface area contributed by atoms with E-state index in [9.17, 15) is 4.79 Å². The summed E-state index contributed by atoms with van der Waals surface area (Å²) < 4.78 is 0. The van der Waals surface area contributed by atoms with Gasteiger partial charge in [-0.05, 0) is 12.3 Å². The molecule has 0 aromatic rings. The van der Waals surface area contributed by atoms with Crippen molar-refractivity contribution in [3.05, 3.63) is 0 Å². The molecule has 1 fully saturated rings. The lowest BCUT2D eigenvalue weighted by atomic mass is 10.1. The first-order valence-corrected chi connectivity index (χ1v) is 3.90. The predicted octanol–water partition coefficient (Wildman–Crippen LogP) is -0.400. The smallest absolute Gasteiger partial charge is 0.251 e. The van der Waals surface area contributed by atoms with Crippen LogP contribution in [0.5, 0.6) is 0 Å². The van der Waals surface area contributed by atoms with E-state index in [-0.39, 0.29) is 17.9 Å². The van der Waals surface area contributed by atoms with E-state index in [0.29, 0.717) is 0 Å². The van der Waals surface area contributed by atoms with Crippen LogP contribution in [0.2, 0.25) is 0 Å². The van der Waals surface area contributed by atoms with Gasteiger partial charge in [-0.25, -0.2) is 4.99 Å². The maximum Gasteiger partial charge on any atom is 0.251 e. The lowest BCUT2D eigenvalue weighted by molar-refractivity contribution is -0.120. The molecule has 4 heteroatoms. The second-order valence-corrected chi connectivity index (χ2v) is 3.20. The van der Waals surface area contributed by atoms with Crippen LogP contribution < -0.4 is 11.1 Å². The van der Waals surface area contributed by atoms with Crippen LogP contribution in [-0.4, -0.2) is 17.9 Å². The summed E-state index contributed by atoms with van der Waals surface area (Å²) in [5.41, 5.74) is 5.33. The molecular weight excluding hydrogens is 142 g/mol. The van der Waals surface area contributed by atoms with E-state index in [0.717, 1.165) is 12.3 Å². The van der Waals surface area contributed by atoms with Gasteiger partial charge >= 0.3 is 0 Å². The average Bonchev–Trinajstić information content (AvgIpc) is 2.64. The number of nitrogens with one attached hydrogen (secondary N) is 1. The van der Waals surface area contributed by atoms with Gasteiger partial charge in [0.1, 0.15) is 6.04 Å². The summed E-state index contributed by atoms with van der Waals surface area (Å²) in [4.78, 5) is 15.0. The molecule has 1 unspecified atom stereocenters. The number of hydrogen-bond donors (Lipinski definition) is 2. The lowest BCUT2D eigenvalue weighted by Gasteiger charge is -2.00. The first-order chi connectivity index (χ1) is 5.25. The maximum absolute atomic E-state index is 11.0. The van der Waals surface area contributed by atoms with Crippen LogP contribution in [0.15, 0.2) is 4.99 Å². The molecule has 60 valence electrons. The summed E-state index contributed by atoms with van der Waals surface area (Å²) in [5, 5.41) is 2.49. The van der Waals surface area contributed by atoms with Crippen LogP contribution in [0.1, 0.15) is 19.3 Å². The third-order valence-corrected chi connectivity index (χ3v) is 2.10. The van der Waals surface area contributed by atoms with E-state index in [2.05, 4.69) is 10.3 Å². The number of carbonyl (C=O) groups is 1. The number of guanidine groups is 1. The Morgan fingerprint density at radius 1 is 1.64 bits per heavy atom. The highest BCUT2D eigenvalue weighted by Gasteiger charge is 2.32. The van der Waals surface area contributed by atoms with Gasteiger partial charge in [0.05, 0.1) is 0 Å². The molecule has 0 bridgehead atoms. The standard InChI is InChI=1S/C7H11N3O/c8-7-9-5(6(11)10-7)3-4-1-2-4/h4-5H,1-3H2,(H3,8,9,10,11). The van der Waals surface area contributed by atoms with Crippen molar-refractivity contribution >= 4 is 11.9 Å². The minimum Gasteiger partial charge on any atom is -0.370 e. The summed E-state index contributed by atoms with van der Waals surface area (Å²) >= 11 is 0. The fourth-order valence-electron chi connectivity index (χ4n) is 1.30. The lowest BCUT2D eigenvalue weighted by Crippen LogP contribution is -2.33. The van der Waals surface area contributed by atoms with Gasteiger partial charge in [0.25, 0.3) is 5.91 Å². The van der Waals surface area contributed by atoms with Crippen molar-refractivity contribution in [2.45, 2.75) is 25.3 Å². The van der Waals surface area contributed by atoms with Gasteiger partial charge in [-0.15, -0.1) is 0 Å². The first-order valence-electron chi connectivity index (χ1n) is 3.90. The van der Waals surface area contributed by atoms with Gasteiger partial charge in [0.2, 0.25) is 0 Å². The van der Waals surface area contributed by atoms with Crippen molar-refractivity contribution in [3.8, 4) is 0 Å². The Morgan fingerprint density at radius 2 is 2.36 bits per heavy atom. The van der Waals surface area contributed by atoms with E-state index < -0.39 is 0 Å². The Balaban J connectivity index is 1.95. The van der Waals surface area contributed by atoms with E-state index in [1.165, 1.54) is 12.8 Å². The van der Waals surface area contributed by atoms with Crippen molar-refractivity contribution in [2.75, 3.05) is 0 Å². The van der Waals surface area contributed by atoms with Crippen molar-refractivity contribution in [1.82, 2.24) is 5.32 Å². The van der Waals surface area contributed by atoms with Crippen molar-refractivity contribution < 1.29 is 4.79 Å². The molecule has 0 radical (unpaired) electrons. The minimum atomic E-state index is -0.192. The highest BCUT2D eigenvalue weighted by Crippen LogP contribution is 2.34. The Labute approximate surface area is 64.9 Å². The highest BCUT2D eigenvalue weighted by molar-refractivity contribution is 6.04. The van der Waals surface area contributed by atoms with Crippen molar-refractivity contribution in [1.29, 1.82) is 0 Å². The maximum atomic E-state index is 11.0. The molecule has 1 saturated carbocycles. The second-order valence-electron chi connectivity index (χ2n) is 3.20. The van der Waals surface area contributed by atoms with Gasteiger partial charge in [-0.1, -0.05) is 12.8 Å². The molecule has 3 N–H and O–H groups in total. The third-order valence-electron chi connectivity index (χ3n) is 2.10. The van der Waals surface area contributed by atoms with Gasteiger partial charge in [-0.3, -0.25) is 10.1 Å². The molecule has 0 saturated heterocycles. The van der Waals surface area contributed by atoms with E-state index in [1.807, 2.05) is 0 Å². The van der Waals surface area contributed by atoms with Crippen LogP contribution in [0, 0.1) is 5.92 Å². The molecule has 2 aliphatic rings. The zero-order valence-corrected chi connectivity index (χ0v) is 6.21. The summed E-state index contributed by atoms with van der Waals surface area (Å²) in [7, 11) is 0.